The Hall–Kier alpha value is -1.07. The maximum absolute atomic E-state index is 6.13. The molecule has 2 N–H and O–H groups in total. The molecule has 1 atom stereocenters. The van der Waals surface area contributed by atoms with E-state index in [2.05, 4.69) is 25.5 Å². The van der Waals surface area contributed by atoms with Crippen molar-refractivity contribution in [1.29, 1.82) is 0 Å². The van der Waals surface area contributed by atoms with E-state index in [1.807, 2.05) is 12.1 Å². The topological polar surface area (TPSA) is 57.0 Å². The minimum Gasteiger partial charge on any atom is -0.461 e. The molecule has 1 unspecified atom stereocenters. The number of rotatable bonds is 1. The fourth-order valence-electron chi connectivity index (χ4n) is 2.21. The van der Waals surface area contributed by atoms with Crippen molar-refractivity contribution in [3.05, 3.63) is 28.7 Å². The summed E-state index contributed by atoms with van der Waals surface area (Å²) < 4.78 is 8.35. The van der Waals surface area contributed by atoms with E-state index in [9.17, 15) is 0 Å². The van der Waals surface area contributed by atoms with Crippen LogP contribution in [0.3, 0.4) is 0 Å². The molecular weight excluding hydrogens is 270 g/mol. The molecule has 5 heteroatoms. The van der Waals surface area contributed by atoms with E-state index in [1.54, 1.807) is 6.26 Å². The highest BCUT2D eigenvalue weighted by atomic mass is 79.9. The predicted molar refractivity (Wildman–Crippen MR) is 63.8 cm³/mol. The molecule has 3 rings (SSSR count). The Balaban J connectivity index is 2.20. The lowest BCUT2D eigenvalue weighted by Crippen LogP contribution is -2.25. The van der Waals surface area contributed by atoms with Crippen molar-refractivity contribution in [3.63, 3.8) is 0 Å². The highest BCUT2D eigenvalue weighted by Crippen LogP contribution is 2.33. The van der Waals surface area contributed by atoms with Crippen LogP contribution < -0.4 is 5.73 Å². The predicted octanol–water partition coefficient (Wildman–Crippen LogP) is 2.70. The largest absolute Gasteiger partial charge is 0.461 e. The Labute approximate surface area is 102 Å². The van der Waals surface area contributed by atoms with Crippen molar-refractivity contribution in [2.75, 3.05) is 0 Å². The van der Waals surface area contributed by atoms with Gasteiger partial charge in [0.25, 0.3) is 0 Å². The van der Waals surface area contributed by atoms with Gasteiger partial charge in [0.2, 0.25) is 0 Å². The van der Waals surface area contributed by atoms with Crippen molar-refractivity contribution >= 4 is 15.9 Å². The van der Waals surface area contributed by atoms with Crippen LogP contribution in [0, 0.1) is 0 Å². The summed E-state index contributed by atoms with van der Waals surface area (Å²) in [5, 5.41) is 0. The summed E-state index contributed by atoms with van der Waals surface area (Å²) in [5.41, 5.74) is 7.30. The molecule has 0 bridgehead atoms. The van der Waals surface area contributed by atoms with E-state index in [4.69, 9.17) is 10.2 Å². The lowest BCUT2D eigenvalue weighted by atomic mass is 10.1. The van der Waals surface area contributed by atoms with E-state index in [0.717, 1.165) is 35.5 Å². The molecule has 0 aliphatic carbocycles. The molecule has 2 aromatic rings. The van der Waals surface area contributed by atoms with Gasteiger partial charge < -0.3 is 14.7 Å². The Morgan fingerprint density at radius 3 is 3.19 bits per heavy atom. The summed E-state index contributed by atoms with van der Waals surface area (Å²) in [5.74, 6) is 1.59. The number of nitrogens with zero attached hydrogens (tertiary/aromatic N) is 2. The van der Waals surface area contributed by atoms with Gasteiger partial charge >= 0.3 is 0 Å². The normalized spacial score (nSPS) is 19.8. The molecule has 2 aromatic heterocycles. The molecule has 3 heterocycles. The highest BCUT2D eigenvalue weighted by Gasteiger charge is 2.25. The molecule has 16 heavy (non-hydrogen) atoms. The van der Waals surface area contributed by atoms with E-state index < -0.39 is 0 Å². The van der Waals surface area contributed by atoms with Gasteiger partial charge in [-0.15, -0.1) is 0 Å². The van der Waals surface area contributed by atoms with Crippen LogP contribution in [0.1, 0.15) is 24.7 Å². The number of hydrogen-bond acceptors (Lipinski definition) is 3. The van der Waals surface area contributed by atoms with Gasteiger partial charge in [-0.2, -0.15) is 0 Å². The fraction of sp³-hybridized carbons (Fsp3) is 0.364. The second kappa shape index (κ2) is 3.75. The third-order valence-corrected chi connectivity index (χ3v) is 3.58. The minimum atomic E-state index is 0.00245. The van der Waals surface area contributed by atoms with E-state index in [-0.39, 0.29) is 6.17 Å². The molecule has 1 aliphatic heterocycles. The summed E-state index contributed by atoms with van der Waals surface area (Å²) in [6.07, 6.45) is 4.77. The van der Waals surface area contributed by atoms with Gasteiger partial charge in [-0.25, -0.2) is 4.98 Å². The number of halogens is 1. The molecular formula is C11H12BrN3O. The third kappa shape index (κ3) is 1.43. The van der Waals surface area contributed by atoms with Crippen molar-refractivity contribution in [1.82, 2.24) is 9.55 Å². The van der Waals surface area contributed by atoms with Gasteiger partial charge in [0.05, 0.1) is 18.1 Å². The van der Waals surface area contributed by atoms with Crippen LogP contribution in [0.5, 0.6) is 0 Å². The van der Waals surface area contributed by atoms with E-state index in [1.165, 1.54) is 5.69 Å². The van der Waals surface area contributed by atoms with Gasteiger partial charge in [-0.3, -0.25) is 0 Å². The quantitative estimate of drug-likeness (QED) is 0.874. The highest BCUT2D eigenvalue weighted by molar-refractivity contribution is 9.10. The van der Waals surface area contributed by atoms with Crippen LogP contribution in [0.15, 0.2) is 27.4 Å². The van der Waals surface area contributed by atoms with Crippen LogP contribution in [0.4, 0.5) is 0 Å². The molecule has 0 saturated heterocycles. The second-order valence-electron chi connectivity index (χ2n) is 3.98. The summed E-state index contributed by atoms with van der Waals surface area (Å²) in [4.78, 5) is 4.49. The number of aromatic nitrogens is 2. The lowest BCUT2D eigenvalue weighted by Gasteiger charge is -2.23. The van der Waals surface area contributed by atoms with Crippen molar-refractivity contribution in [2.45, 2.75) is 25.4 Å². The SMILES string of the molecule is NC1CCCc2c(Br)nc(-c3ccco3)n21. The smallest absolute Gasteiger partial charge is 0.178 e. The maximum atomic E-state index is 6.13. The molecule has 0 amide bonds. The van der Waals surface area contributed by atoms with Crippen LogP contribution >= 0.6 is 15.9 Å². The number of fused-ring (bicyclic) bond motifs is 1. The Bertz CT molecular complexity index is 504. The first-order valence-corrected chi connectivity index (χ1v) is 6.12. The second-order valence-corrected chi connectivity index (χ2v) is 4.73. The summed E-state index contributed by atoms with van der Waals surface area (Å²) in [6.45, 7) is 0. The van der Waals surface area contributed by atoms with Gasteiger partial charge in [0.1, 0.15) is 4.60 Å². The number of hydrogen-bond donors (Lipinski definition) is 1. The van der Waals surface area contributed by atoms with E-state index in [0.29, 0.717) is 0 Å². The average molecular weight is 282 g/mol. The monoisotopic (exact) mass is 281 g/mol. The van der Waals surface area contributed by atoms with Crippen LogP contribution in [0.25, 0.3) is 11.6 Å². The standard InChI is InChI=1S/C11H12BrN3O/c12-10-7-3-1-5-9(13)15(7)11(14-10)8-4-2-6-16-8/h2,4,6,9H,1,3,5,13H2. The van der Waals surface area contributed by atoms with Gasteiger partial charge in [-0.1, -0.05) is 0 Å². The van der Waals surface area contributed by atoms with Crippen molar-refractivity contribution in [2.24, 2.45) is 5.73 Å². The van der Waals surface area contributed by atoms with Crippen molar-refractivity contribution < 1.29 is 4.42 Å². The Morgan fingerprint density at radius 2 is 2.44 bits per heavy atom. The number of nitrogens with two attached hydrogens (primary N) is 1. The van der Waals surface area contributed by atoms with Crippen LogP contribution in [-0.4, -0.2) is 9.55 Å². The van der Waals surface area contributed by atoms with Gasteiger partial charge in [0.15, 0.2) is 11.6 Å². The minimum absolute atomic E-state index is 0.00245. The molecule has 0 saturated carbocycles. The zero-order valence-corrected chi connectivity index (χ0v) is 10.3. The first kappa shape index (κ1) is 10.1. The molecule has 84 valence electrons. The van der Waals surface area contributed by atoms with Gasteiger partial charge in [0, 0.05) is 0 Å². The summed E-state index contributed by atoms with van der Waals surface area (Å²) >= 11 is 3.49. The summed E-state index contributed by atoms with van der Waals surface area (Å²) in [6, 6.07) is 3.77. The zero-order valence-electron chi connectivity index (χ0n) is 8.69. The maximum Gasteiger partial charge on any atom is 0.178 e. The molecule has 0 aromatic carbocycles. The third-order valence-electron chi connectivity index (χ3n) is 2.95. The molecule has 1 aliphatic rings. The number of furan rings is 1. The van der Waals surface area contributed by atoms with Crippen LogP contribution in [0.2, 0.25) is 0 Å². The fourth-order valence-corrected chi connectivity index (χ4v) is 2.76. The molecule has 0 radical (unpaired) electrons. The Morgan fingerprint density at radius 1 is 1.56 bits per heavy atom. The molecule has 0 fully saturated rings. The first-order valence-electron chi connectivity index (χ1n) is 5.33. The zero-order chi connectivity index (χ0) is 11.1. The van der Waals surface area contributed by atoms with Crippen LogP contribution in [-0.2, 0) is 6.42 Å². The van der Waals surface area contributed by atoms with E-state index >= 15 is 0 Å². The average Bonchev–Trinajstić information content (AvgIpc) is 2.87. The molecule has 0 spiro atoms. The van der Waals surface area contributed by atoms with Crippen molar-refractivity contribution in [3.8, 4) is 11.6 Å². The molecule has 4 nitrogen and oxygen atoms in total. The lowest BCUT2D eigenvalue weighted by molar-refractivity contribution is 0.412. The first-order chi connectivity index (χ1) is 7.77. The number of imidazole rings is 1. The Kier molecular flexibility index (Phi) is 2.37. The van der Waals surface area contributed by atoms with Gasteiger partial charge in [-0.05, 0) is 47.3 Å². The summed E-state index contributed by atoms with van der Waals surface area (Å²) in [7, 11) is 0.